The largest absolute Gasteiger partial charge is 0.423 e. The van der Waals surface area contributed by atoms with Gasteiger partial charge in [-0.1, -0.05) is 0 Å². The molecule has 11 nitrogen and oxygen atoms in total. The van der Waals surface area contributed by atoms with Crippen LogP contribution in [-0.2, 0) is 21.1 Å². The zero-order chi connectivity index (χ0) is 18.1. The Hall–Kier alpha value is -1.76. The summed E-state index contributed by atoms with van der Waals surface area (Å²) in [6.45, 7) is 2.17. The molecule has 2 bridgehead atoms. The molecular formula is C14H19N5O6S. The smallest absolute Gasteiger partial charge is 0.418 e. The second-order valence-electron chi connectivity index (χ2n) is 7.62. The average Bonchev–Trinajstić information content (AvgIpc) is 3.03. The van der Waals surface area contributed by atoms with Gasteiger partial charge in [0.05, 0.1) is 6.04 Å². The van der Waals surface area contributed by atoms with Gasteiger partial charge in [-0.05, 0) is 43.7 Å². The van der Waals surface area contributed by atoms with E-state index in [0.717, 1.165) is 31.0 Å². The van der Waals surface area contributed by atoms with Crippen molar-refractivity contribution in [1.82, 2.24) is 25.5 Å². The highest BCUT2D eigenvalue weighted by molar-refractivity contribution is 7.80. The Labute approximate surface area is 149 Å². The Morgan fingerprint density at radius 2 is 2.12 bits per heavy atom. The van der Waals surface area contributed by atoms with E-state index in [-0.39, 0.29) is 5.41 Å². The summed E-state index contributed by atoms with van der Waals surface area (Å²) >= 11 is 0. The first kappa shape index (κ1) is 16.4. The Morgan fingerprint density at radius 1 is 1.35 bits per heavy atom. The molecule has 142 valence electrons. The van der Waals surface area contributed by atoms with Gasteiger partial charge in [0.15, 0.2) is 0 Å². The topological polar surface area (TPSA) is 138 Å². The van der Waals surface area contributed by atoms with Crippen LogP contribution in [0.4, 0.5) is 4.79 Å². The predicted octanol–water partition coefficient (Wildman–Crippen LogP) is -0.103. The van der Waals surface area contributed by atoms with Crippen molar-refractivity contribution in [3.05, 3.63) is 11.8 Å². The van der Waals surface area contributed by atoms with Gasteiger partial charge in [0, 0.05) is 13.0 Å². The molecule has 2 N–H and O–H groups in total. The van der Waals surface area contributed by atoms with Crippen molar-refractivity contribution in [3.63, 3.8) is 0 Å². The number of aromatic nitrogens is 2. The summed E-state index contributed by atoms with van der Waals surface area (Å²) in [6.07, 6.45) is 3.03. The maximum atomic E-state index is 12.7. The molecule has 4 aliphatic rings. The molecule has 0 aromatic carbocycles. The first-order chi connectivity index (χ1) is 12.3. The van der Waals surface area contributed by atoms with E-state index in [0.29, 0.717) is 37.1 Å². The van der Waals surface area contributed by atoms with E-state index in [1.54, 1.807) is 0 Å². The highest BCUT2D eigenvalue weighted by Crippen LogP contribution is 2.61. The van der Waals surface area contributed by atoms with Crippen molar-refractivity contribution in [2.75, 3.05) is 19.6 Å². The van der Waals surface area contributed by atoms with Gasteiger partial charge in [-0.15, -0.1) is 14.5 Å². The molecule has 1 spiro atoms. The van der Waals surface area contributed by atoms with Gasteiger partial charge in [-0.25, -0.2) is 4.79 Å². The highest BCUT2D eigenvalue weighted by Gasteiger charge is 2.64. The number of rotatable bonds is 5. The number of carbonyl (C=O) groups excluding carboxylic acids is 1. The second kappa shape index (κ2) is 5.38. The van der Waals surface area contributed by atoms with Crippen LogP contribution >= 0.6 is 0 Å². The number of hydroxylamine groups is 2. The van der Waals surface area contributed by atoms with Gasteiger partial charge in [-0.3, -0.25) is 4.55 Å². The Bertz CT molecular complexity index is 848. The normalized spacial score (nSPS) is 30.1. The summed E-state index contributed by atoms with van der Waals surface area (Å²) in [5, 5.41) is 12.2. The summed E-state index contributed by atoms with van der Waals surface area (Å²) in [4.78, 5) is 14.1. The van der Waals surface area contributed by atoms with Gasteiger partial charge >= 0.3 is 16.4 Å². The molecule has 3 aliphatic heterocycles. The fourth-order valence-electron chi connectivity index (χ4n) is 4.26. The van der Waals surface area contributed by atoms with Gasteiger partial charge in [0.2, 0.25) is 11.8 Å². The third-order valence-corrected chi connectivity index (χ3v) is 6.28. The van der Waals surface area contributed by atoms with E-state index in [2.05, 4.69) is 19.8 Å². The first-order valence-electron chi connectivity index (χ1n) is 8.64. The molecule has 12 heteroatoms. The molecule has 1 saturated carbocycles. The van der Waals surface area contributed by atoms with Crippen molar-refractivity contribution >= 4 is 16.4 Å². The molecule has 1 aliphatic carbocycles. The quantitative estimate of drug-likeness (QED) is 0.665. The van der Waals surface area contributed by atoms with E-state index < -0.39 is 28.5 Å². The maximum Gasteiger partial charge on any atom is 0.418 e. The summed E-state index contributed by atoms with van der Waals surface area (Å²) in [6, 6.07) is -1.42. The standard InChI is InChI=1S/C14H19N5O6S/c20-13-18-7-10(19(13)25-26(21,22)23)14(1-2-14)4-9(18)12-17-16-11(24-12)3-8-5-15-6-8/h8-10,15H,1-7H2,(H,21,22,23)/t9-,10-/m0/s1. The number of nitrogens with one attached hydrogen (secondary N) is 1. The highest BCUT2D eigenvalue weighted by atomic mass is 32.3. The predicted molar refractivity (Wildman–Crippen MR) is 83.7 cm³/mol. The third kappa shape index (κ3) is 2.59. The zero-order valence-electron chi connectivity index (χ0n) is 13.9. The fraction of sp³-hybridized carbons (Fsp3) is 0.786. The molecule has 4 fully saturated rings. The van der Waals surface area contributed by atoms with Crippen LogP contribution in [0.2, 0.25) is 0 Å². The van der Waals surface area contributed by atoms with Crippen LogP contribution in [-0.4, -0.2) is 64.8 Å². The number of piperidine rings is 1. The molecule has 26 heavy (non-hydrogen) atoms. The van der Waals surface area contributed by atoms with Crippen LogP contribution < -0.4 is 5.32 Å². The Morgan fingerprint density at radius 3 is 2.73 bits per heavy atom. The third-order valence-electron chi connectivity index (χ3n) is 5.93. The maximum absolute atomic E-state index is 12.7. The molecular weight excluding hydrogens is 366 g/mol. The zero-order valence-corrected chi connectivity index (χ0v) is 14.7. The summed E-state index contributed by atoms with van der Waals surface area (Å²) in [5.74, 6) is 1.41. The van der Waals surface area contributed by atoms with Crippen LogP contribution in [0.1, 0.15) is 37.1 Å². The number of amides is 2. The number of hydrogen-bond acceptors (Lipinski definition) is 8. The van der Waals surface area contributed by atoms with E-state index in [1.165, 1.54) is 4.90 Å². The lowest BCUT2D eigenvalue weighted by Gasteiger charge is -2.34. The minimum atomic E-state index is -4.77. The lowest BCUT2D eigenvalue weighted by Crippen LogP contribution is -2.43. The molecule has 0 radical (unpaired) electrons. The van der Waals surface area contributed by atoms with E-state index in [9.17, 15) is 13.2 Å². The van der Waals surface area contributed by atoms with Gasteiger partial charge in [-0.2, -0.15) is 13.5 Å². The second-order valence-corrected chi connectivity index (χ2v) is 8.63. The van der Waals surface area contributed by atoms with Crippen LogP contribution in [0.3, 0.4) is 0 Å². The van der Waals surface area contributed by atoms with Gasteiger partial charge in [0.1, 0.15) is 6.04 Å². The van der Waals surface area contributed by atoms with Gasteiger partial charge < -0.3 is 14.6 Å². The van der Waals surface area contributed by atoms with Crippen LogP contribution in [0.25, 0.3) is 0 Å². The Balaban J connectivity index is 1.40. The van der Waals surface area contributed by atoms with Crippen molar-refractivity contribution in [2.24, 2.45) is 11.3 Å². The van der Waals surface area contributed by atoms with Crippen LogP contribution in [0, 0.1) is 11.3 Å². The number of nitrogens with zero attached hydrogens (tertiary/aromatic N) is 4. The van der Waals surface area contributed by atoms with E-state index >= 15 is 0 Å². The van der Waals surface area contributed by atoms with Crippen molar-refractivity contribution < 1.29 is 26.5 Å². The van der Waals surface area contributed by atoms with Crippen molar-refractivity contribution in [2.45, 2.75) is 37.8 Å². The summed E-state index contributed by atoms with van der Waals surface area (Å²) < 4.78 is 41.6. The van der Waals surface area contributed by atoms with Crippen molar-refractivity contribution in [3.8, 4) is 0 Å². The number of urea groups is 1. The summed E-state index contributed by atoms with van der Waals surface area (Å²) in [5.41, 5.74) is -0.232. The van der Waals surface area contributed by atoms with E-state index in [4.69, 9.17) is 8.97 Å². The Kier molecular flexibility index (Phi) is 3.39. The SMILES string of the molecule is O=C1N2C[C@H](N1OS(=O)(=O)O)C1(CC1)C[C@H]2c1nnc(CC2CNC2)o1. The monoisotopic (exact) mass is 385 g/mol. The average molecular weight is 385 g/mol. The lowest BCUT2D eigenvalue weighted by molar-refractivity contribution is -0.0530. The number of hydrogen-bond donors (Lipinski definition) is 2. The number of carbonyl (C=O) groups is 1. The van der Waals surface area contributed by atoms with Crippen LogP contribution in [0.15, 0.2) is 4.42 Å². The molecule has 1 aromatic rings. The van der Waals surface area contributed by atoms with Crippen molar-refractivity contribution in [1.29, 1.82) is 0 Å². The first-order valence-corrected chi connectivity index (χ1v) is 10.0. The minimum Gasteiger partial charge on any atom is -0.423 e. The van der Waals surface area contributed by atoms with Crippen LogP contribution in [0.5, 0.6) is 0 Å². The molecule has 5 rings (SSSR count). The lowest BCUT2D eigenvalue weighted by atomic mass is 9.85. The number of fused-ring (bicyclic) bond motifs is 3. The molecule has 0 unspecified atom stereocenters. The molecule has 2 atom stereocenters. The molecule has 2 amide bonds. The van der Waals surface area contributed by atoms with E-state index in [1.807, 2.05) is 0 Å². The van der Waals surface area contributed by atoms with Gasteiger partial charge in [0.25, 0.3) is 0 Å². The minimum absolute atomic E-state index is 0.232. The summed E-state index contributed by atoms with van der Waals surface area (Å²) in [7, 11) is -4.77. The molecule has 3 saturated heterocycles. The molecule has 4 heterocycles. The molecule has 1 aromatic heterocycles. The fourth-order valence-corrected chi connectivity index (χ4v) is 4.63.